The molecule has 0 heterocycles. The van der Waals surface area contributed by atoms with Crippen molar-refractivity contribution < 1.29 is 4.79 Å². The molecule has 18 heavy (non-hydrogen) atoms. The lowest BCUT2D eigenvalue weighted by Gasteiger charge is -2.34. The molecule has 1 aromatic carbocycles. The Morgan fingerprint density at radius 2 is 1.78 bits per heavy atom. The topological polar surface area (TPSA) is 55.1 Å². The van der Waals surface area contributed by atoms with Gasteiger partial charge in [-0.15, -0.1) is 0 Å². The fourth-order valence-electron chi connectivity index (χ4n) is 2.60. The lowest BCUT2D eigenvalue weighted by molar-refractivity contribution is -0.127. The van der Waals surface area contributed by atoms with Crippen LogP contribution < -0.4 is 11.1 Å². The molecule has 0 saturated heterocycles. The highest BCUT2D eigenvalue weighted by Crippen LogP contribution is 2.38. The molecule has 0 atom stereocenters. The van der Waals surface area contributed by atoms with E-state index in [0.717, 1.165) is 25.7 Å². The van der Waals surface area contributed by atoms with E-state index in [1.54, 1.807) is 13.8 Å². The van der Waals surface area contributed by atoms with Crippen molar-refractivity contribution in [3.63, 3.8) is 0 Å². The number of benzene rings is 1. The molecule has 3 heteroatoms. The summed E-state index contributed by atoms with van der Waals surface area (Å²) < 4.78 is 0. The third kappa shape index (κ3) is 2.56. The van der Waals surface area contributed by atoms with Gasteiger partial charge in [-0.1, -0.05) is 43.2 Å². The van der Waals surface area contributed by atoms with Crippen LogP contribution in [0, 0.1) is 0 Å². The SMILES string of the molecule is CC(C)(N)C(=O)NC1(c2ccccc2)CCCC1. The number of carbonyl (C=O) groups is 1. The van der Waals surface area contributed by atoms with Crippen LogP contribution in [0.15, 0.2) is 30.3 Å². The van der Waals surface area contributed by atoms with Crippen molar-refractivity contribution in [3.8, 4) is 0 Å². The van der Waals surface area contributed by atoms with Gasteiger partial charge >= 0.3 is 0 Å². The number of nitrogens with one attached hydrogen (secondary N) is 1. The summed E-state index contributed by atoms with van der Waals surface area (Å²) in [6, 6.07) is 10.2. The van der Waals surface area contributed by atoms with Crippen LogP contribution in [0.5, 0.6) is 0 Å². The predicted octanol–water partition coefficient (Wildman–Crippen LogP) is 2.31. The number of hydrogen-bond donors (Lipinski definition) is 2. The van der Waals surface area contributed by atoms with Gasteiger partial charge in [0.2, 0.25) is 5.91 Å². The quantitative estimate of drug-likeness (QED) is 0.860. The number of rotatable bonds is 3. The van der Waals surface area contributed by atoms with E-state index in [4.69, 9.17) is 5.73 Å². The van der Waals surface area contributed by atoms with E-state index in [1.165, 1.54) is 5.56 Å². The molecule has 2 rings (SSSR count). The van der Waals surface area contributed by atoms with Gasteiger partial charge < -0.3 is 11.1 Å². The molecule has 0 unspecified atom stereocenters. The molecule has 1 saturated carbocycles. The smallest absolute Gasteiger partial charge is 0.240 e. The largest absolute Gasteiger partial charge is 0.345 e. The van der Waals surface area contributed by atoms with Crippen LogP contribution >= 0.6 is 0 Å². The van der Waals surface area contributed by atoms with Crippen LogP contribution in [-0.2, 0) is 10.3 Å². The molecule has 0 spiro atoms. The highest BCUT2D eigenvalue weighted by molar-refractivity contribution is 5.85. The maximum Gasteiger partial charge on any atom is 0.240 e. The van der Waals surface area contributed by atoms with Crippen molar-refractivity contribution in [1.29, 1.82) is 0 Å². The standard InChI is InChI=1S/C15H22N2O/c1-14(2,16)13(18)17-15(10-6-7-11-15)12-8-4-3-5-9-12/h3-5,8-9H,6-7,10-11,16H2,1-2H3,(H,17,18). The zero-order chi connectivity index (χ0) is 13.2. The van der Waals surface area contributed by atoms with Crippen LogP contribution in [0.2, 0.25) is 0 Å². The molecule has 0 aliphatic heterocycles. The Kier molecular flexibility index (Phi) is 3.44. The van der Waals surface area contributed by atoms with Crippen LogP contribution in [0.25, 0.3) is 0 Å². The van der Waals surface area contributed by atoms with Crippen LogP contribution in [0.1, 0.15) is 45.1 Å². The van der Waals surface area contributed by atoms with Crippen LogP contribution in [0.4, 0.5) is 0 Å². The van der Waals surface area contributed by atoms with Crippen molar-refractivity contribution in [3.05, 3.63) is 35.9 Å². The van der Waals surface area contributed by atoms with E-state index in [2.05, 4.69) is 17.4 Å². The fraction of sp³-hybridized carbons (Fsp3) is 0.533. The van der Waals surface area contributed by atoms with E-state index < -0.39 is 5.54 Å². The second-order valence-corrected chi connectivity index (χ2v) is 5.83. The predicted molar refractivity (Wildman–Crippen MR) is 73.0 cm³/mol. The Bertz CT molecular complexity index is 414. The average molecular weight is 246 g/mol. The Hall–Kier alpha value is -1.35. The minimum absolute atomic E-state index is 0.0757. The summed E-state index contributed by atoms with van der Waals surface area (Å²) in [6.07, 6.45) is 4.30. The van der Waals surface area contributed by atoms with E-state index in [-0.39, 0.29) is 11.4 Å². The fourth-order valence-corrected chi connectivity index (χ4v) is 2.60. The maximum absolute atomic E-state index is 12.2. The first kappa shape index (κ1) is 13.1. The summed E-state index contributed by atoms with van der Waals surface area (Å²) in [4.78, 5) is 12.2. The molecule has 1 aromatic rings. The van der Waals surface area contributed by atoms with Crippen LogP contribution in [0.3, 0.4) is 0 Å². The van der Waals surface area contributed by atoms with E-state index in [0.29, 0.717) is 0 Å². The lowest BCUT2D eigenvalue weighted by Crippen LogP contribution is -2.55. The van der Waals surface area contributed by atoms with Gasteiger partial charge in [-0.3, -0.25) is 4.79 Å². The molecule has 98 valence electrons. The molecule has 1 amide bonds. The summed E-state index contributed by atoms with van der Waals surface area (Å²) in [5, 5.41) is 3.18. The summed E-state index contributed by atoms with van der Waals surface area (Å²) in [5.74, 6) is -0.0757. The van der Waals surface area contributed by atoms with Gasteiger partial charge in [0.1, 0.15) is 0 Å². The van der Waals surface area contributed by atoms with Crippen LogP contribution in [-0.4, -0.2) is 11.4 Å². The Labute approximate surface area is 109 Å². The van der Waals surface area contributed by atoms with Crippen molar-refractivity contribution in [1.82, 2.24) is 5.32 Å². The Morgan fingerprint density at radius 3 is 2.28 bits per heavy atom. The molecule has 0 radical (unpaired) electrons. The summed E-state index contributed by atoms with van der Waals surface area (Å²) in [5.41, 5.74) is 6.03. The Morgan fingerprint density at radius 1 is 1.22 bits per heavy atom. The number of carbonyl (C=O) groups excluding carboxylic acids is 1. The Balaban J connectivity index is 2.26. The van der Waals surface area contributed by atoms with Gasteiger partial charge in [-0.05, 0) is 32.3 Å². The third-order valence-corrected chi connectivity index (χ3v) is 3.72. The minimum Gasteiger partial charge on any atom is -0.345 e. The van der Waals surface area contributed by atoms with E-state index in [9.17, 15) is 4.79 Å². The number of nitrogens with two attached hydrogens (primary N) is 1. The first-order chi connectivity index (χ1) is 8.44. The lowest BCUT2D eigenvalue weighted by atomic mass is 9.87. The first-order valence-corrected chi connectivity index (χ1v) is 6.61. The van der Waals surface area contributed by atoms with Crippen molar-refractivity contribution in [2.45, 2.75) is 50.6 Å². The van der Waals surface area contributed by atoms with E-state index >= 15 is 0 Å². The second kappa shape index (κ2) is 4.73. The zero-order valence-electron chi connectivity index (χ0n) is 11.2. The molecular formula is C15H22N2O. The minimum atomic E-state index is -0.829. The molecule has 0 bridgehead atoms. The maximum atomic E-state index is 12.2. The molecule has 0 aromatic heterocycles. The summed E-state index contributed by atoms with van der Waals surface area (Å²) in [6.45, 7) is 3.49. The van der Waals surface area contributed by atoms with Gasteiger partial charge in [-0.2, -0.15) is 0 Å². The highest BCUT2D eigenvalue weighted by Gasteiger charge is 2.39. The molecule has 1 aliphatic carbocycles. The van der Waals surface area contributed by atoms with Crippen molar-refractivity contribution in [2.24, 2.45) is 5.73 Å². The van der Waals surface area contributed by atoms with Gasteiger partial charge in [0, 0.05) is 0 Å². The molecule has 1 aliphatic rings. The molecule has 3 N–H and O–H groups in total. The monoisotopic (exact) mass is 246 g/mol. The molecule has 1 fully saturated rings. The summed E-state index contributed by atoms with van der Waals surface area (Å²) >= 11 is 0. The number of amides is 1. The zero-order valence-corrected chi connectivity index (χ0v) is 11.2. The summed E-state index contributed by atoms with van der Waals surface area (Å²) in [7, 11) is 0. The average Bonchev–Trinajstić information content (AvgIpc) is 2.79. The van der Waals surface area contributed by atoms with Gasteiger partial charge in [0.25, 0.3) is 0 Å². The molecular weight excluding hydrogens is 224 g/mol. The molecule has 3 nitrogen and oxygen atoms in total. The second-order valence-electron chi connectivity index (χ2n) is 5.83. The highest BCUT2D eigenvalue weighted by atomic mass is 16.2. The van der Waals surface area contributed by atoms with Crippen molar-refractivity contribution >= 4 is 5.91 Å². The number of hydrogen-bond acceptors (Lipinski definition) is 2. The van der Waals surface area contributed by atoms with E-state index in [1.807, 2.05) is 18.2 Å². The van der Waals surface area contributed by atoms with Gasteiger partial charge in [0.15, 0.2) is 0 Å². The third-order valence-electron chi connectivity index (χ3n) is 3.72. The normalized spacial score (nSPS) is 18.6. The van der Waals surface area contributed by atoms with Gasteiger partial charge in [0.05, 0.1) is 11.1 Å². The van der Waals surface area contributed by atoms with Crippen molar-refractivity contribution in [2.75, 3.05) is 0 Å². The van der Waals surface area contributed by atoms with Gasteiger partial charge in [-0.25, -0.2) is 0 Å². The first-order valence-electron chi connectivity index (χ1n) is 6.61.